The maximum atomic E-state index is 8.98. The number of rotatable bonds is 4. The van der Waals surface area contributed by atoms with E-state index in [2.05, 4.69) is 9.68 Å². The summed E-state index contributed by atoms with van der Waals surface area (Å²) >= 11 is 0. The average Bonchev–Trinajstić information content (AvgIpc) is 1.91. The zero-order valence-corrected chi connectivity index (χ0v) is 4.64. The molecule has 0 aliphatic carbocycles. The van der Waals surface area contributed by atoms with Gasteiger partial charge in [-0.15, -0.1) is 9.81 Å². The summed E-state index contributed by atoms with van der Waals surface area (Å²) in [7, 11) is 0. The van der Waals surface area contributed by atoms with Gasteiger partial charge < -0.3 is 9.68 Å². The van der Waals surface area contributed by atoms with Gasteiger partial charge in [-0.05, 0) is 0 Å². The fourth-order valence-corrected chi connectivity index (χ4v) is 0.0666. The van der Waals surface area contributed by atoms with E-state index in [9.17, 15) is 0 Å². The van der Waals surface area contributed by atoms with Gasteiger partial charge in [0.1, 0.15) is 0 Å². The summed E-state index contributed by atoms with van der Waals surface area (Å²) in [5.41, 5.74) is 0. The van der Waals surface area contributed by atoms with Crippen LogP contribution in [0.15, 0.2) is 10.7 Å². The first kappa shape index (κ1) is 11.0. The summed E-state index contributed by atoms with van der Waals surface area (Å²) < 4.78 is 0. The number of isocyanates is 1. The topological polar surface area (TPSA) is 118 Å². The summed E-state index contributed by atoms with van der Waals surface area (Å²) in [4.78, 5) is 33.6. The summed E-state index contributed by atoms with van der Waals surface area (Å²) in [6.45, 7) is -0.521. The maximum absolute atomic E-state index is 8.98. The Morgan fingerprint density at radius 1 is 1.30 bits per heavy atom. The highest BCUT2D eigenvalue weighted by atomic mass is 16.9. The smallest absolute Gasteiger partial charge is 0.287 e. The Kier molecular flexibility index (Phi) is 17.3. The van der Waals surface area contributed by atoms with Gasteiger partial charge in [0.05, 0.1) is 0 Å². The van der Waals surface area contributed by atoms with Gasteiger partial charge in [0.25, 0.3) is 6.79 Å². The van der Waals surface area contributed by atoms with E-state index in [-0.39, 0.29) is 0 Å². The van der Waals surface area contributed by atoms with Gasteiger partial charge in [-0.2, -0.15) is 0 Å². The quantitative estimate of drug-likeness (QED) is 0.153. The zero-order chi connectivity index (χ0) is 8.24. The predicted octanol–water partition coefficient (Wildman–Crippen LogP) is 0.241. The minimum atomic E-state index is -0.521. The molecule has 0 fully saturated rings. The van der Waals surface area contributed by atoms with Crippen molar-refractivity contribution >= 4 is 6.08 Å². The molecule has 0 aliphatic rings. The molecule has 0 bridgehead atoms. The molecule has 1 N–H and O–H groups in total. The van der Waals surface area contributed by atoms with E-state index in [1.807, 2.05) is 10.7 Å². The van der Waals surface area contributed by atoms with E-state index in [0.29, 0.717) is 0 Å². The van der Waals surface area contributed by atoms with Crippen LogP contribution in [-0.4, -0.2) is 12.9 Å². The Hall–Kier alpha value is -1.82. The third-order valence-corrected chi connectivity index (χ3v) is 0.211. The molecule has 56 valence electrons. The lowest BCUT2D eigenvalue weighted by molar-refractivity contribution is -0.0544. The van der Waals surface area contributed by atoms with Crippen molar-refractivity contribution in [1.82, 2.24) is 0 Å². The van der Waals surface area contributed by atoms with E-state index in [1.54, 1.807) is 0 Å². The fraction of sp³-hybridized carbons (Fsp3) is 0.500. The van der Waals surface area contributed by atoms with Gasteiger partial charge in [0.15, 0.2) is 10.7 Å². The second kappa shape index (κ2) is 15.7. The van der Waals surface area contributed by atoms with Gasteiger partial charge >= 0.3 is 0 Å². The van der Waals surface area contributed by atoms with Crippen molar-refractivity contribution in [3.8, 4) is 0 Å². The number of hydrogen-bond acceptors (Lipinski definition) is 8. The molecule has 0 aromatic carbocycles. The van der Waals surface area contributed by atoms with Crippen molar-refractivity contribution in [2.24, 2.45) is 10.7 Å². The third-order valence-electron chi connectivity index (χ3n) is 0.211. The summed E-state index contributed by atoms with van der Waals surface area (Å²) in [5, 5.41) is 9.20. The van der Waals surface area contributed by atoms with Crippen LogP contribution in [0.1, 0.15) is 0 Å². The molecule has 0 radical (unpaired) electrons. The van der Waals surface area contributed by atoms with Gasteiger partial charge in [0.2, 0.25) is 6.08 Å². The fourth-order valence-electron chi connectivity index (χ4n) is 0.0666. The SMILES string of the molecule is N=C=O.O=NOCON=O. The van der Waals surface area contributed by atoms with E-state index >= 15 is 0 Å². The van der Waals surface area contributed by atoms with Crippen molar-refractivity contribution in [3.05, 3.63) is 9.81 Å². The molecule has 0 atom stereocenters. The number of hydrogen-bond donors (Lipinski definition) is 1. The molecule has 0 amide bonds. The zero-order valence-electron chi connectivity index (χ0n) is 4.64. The summed E-state index contributed by atoms with van der Waals surface area (Å²) in [6.07, 6.45) is 0.750. The highest BCUT2D eigenvalue weighted by Crippen LogP contribution is 1.75. The van der Waals surface area contributed by atoms with E-state index in [1.165, 1.54) is 0 Å². The second-order valence-corrected chi connectivity index (χ2v) is 0.627. The third kappa shape index (κ3) is 34.9. The van der Waals surface area contributed by atoms with Gasteiger partial charge in [-0.25, -0.2) is 10.2 Å². The molecule has 8 heteroatoms. The Labute approximate surface area is 54.5 Å². The van der Waals surface area contributed by atoms with Crippen LogP contribution in [0.3, 0.4) is 0 Å². The molecule has 0 spiro atoms. The molecule has 0 aliphatic heterocycles. The molecule has 0 heterocycles. The van der Waals surface area contributed by atoms with Crippen molar-refractivity contribution in [1.29, 1.82) is 5.41 Å². The number of carbonyl (C=O) groups excluding carboxylic acids is 1. The Balaban J connectivity index is 0. The molecular weight excluding hydrogens is 146 g/mol. The lowest BCUT2D eigenvalue weighted by Gasteiger charge is -1.84. The van der Waals surface area contributed by atoms with Crippen LogP contribution in [0.4, 0.5) is 0 Å². The standard InChI is InChI=1S/CH2N2O4.CHNO/c4-2-6-1-7-3-5;2-1-3/h1H2;2H. The van der Waals surface area contributed by atoms with Crippen LogP contribution < -0.4 is 0 Å². The lowest BCUT2D eigenvalue weighted by Crippen LogP contribution is -1.85. The van der Waals surface area contributed by atoms with Crippen molar-refractivity contribution in [2.75, 3.05) is 6.79 Å². The van der Waals surface area contributed by atoms with Crippen LogP contribution in [0.25, 0.3) is 0 Å². The van der Waals surface area contributed by atoms with E-state index in [0.717, 1.165) is 6.08 Å². The van der Waals surface area contributed by atoms with Crippen molar-refractivity contribution in [3.63, 3.8) is 0 Å². The first-order valence-corrected chi connectivity index (χ1v) is 1.76. The second-order valence-electron chi connectivity index (χ2n) is 0.627. The van der Waals surface area contributed by atoms with Crippen LogP contribution >= 0.6 is 0 Å². The van der Waals surface area contributed by atoms with Gasteiger partial charge in [0, 0.05) is 0 Å². The molecule has 0 aromatic heterocycles. The van der Waals surface area contributed by atoms with Crippen LogP contribution in [0.2, 0.25) is 0 Å². The molecule has 0 saturated carbocycles. The number of nitrogens with zero attached hydrogens (tertiary/aromatic N) is 2. The normalized spacial score (nSPS) is 5.60. The van der Waals surface area contributed by atoms with Crippen LogP contribution in [-0.2, 0) is 14.5 Å². The number of nitrogens with one attached hydrogen (secondary N) is 1. The Bertz CT molecular complexity index is 110. The van der Waals surface area contributed by atoms with E-state index < -0.39 is 6.79 Å². The predicted molar refractivity (Wildman–Crippen MR) is 27.0 cm³/mol. The molecule has 0 unspecified atom stereocenters. The molecule has 8 nitrogen and oxygen atoms in total. The molecular formula is C2H3N3O5. The molecule has 0 aromatic rings. The Morgan fingerprint density at radius 3 is 1.80 bits per heavy atom. The lowest BCUT2D eigenvalue weighted by atomic mass is 11.5. The molecule has 0 rings (SSSR count). The highest BCUT2D eigenvalue weighted by Gasteiger charge is 1.77. The maximum Gasteiger partial charge on any atom is 0.287 e. The minimum absolute atomic E-state index is 0.521. The minimum Gasteiger partial charge on any atom is -0.319 e. The van der Waals surface area contributed by atoms with Gasteiger partial charge in [-0.3, -0.25) is 0 Å². The first-order valence-electron chi connectivity index (χ1n) is 1.76. The molecule has 10 heavy (non-hydrogen) atoms. The monoisotopic (exact) mass is 149 g/mol. The Morgan fingerprint density at radius 2 is 1.60 bits per heavy atom. The van der Waals surface area contributed by atoms with E-state index in [4.69, 9.17) is 20.0 Å². The highest BCUT2D eigenvalue weighted by molar-refractivity contribution is 5.26. The van der Waals surface area contributed by atoms with Gasteiger partial charge in [-0.1, -0.05) is 0 Å². The average molecular weight is 149 g/mol. The summed E-state index contributed by atoms with van der Waals surface area (Å²) in [5.74, 6) is 0. The van der Waals surface area contributed by atoms with Crippen LogP contribution in [0.5, 0.6) is 0 Å². The summed E-state index contributed by atoms with van der Waals surface area (Å²) in [6, 6.07) is 0. The largest absolute Gasteiger partial charge is 0.319 e. The van der Waals surface area contributed by atoms with Crippen molar-refractivity contribution in [2.45, 2.75) is 0 Å². The molecule has 0 saturated heterocycles. The first-order chi connectivity index (χ1) is 4.83. The van der Waals surface area contributed by atoms with Crippen LogP contribution in [0, 0.1) is 15.2 Å². The van der Waals surface area contributed by atoms with Crippen molar-refractivity contribution < 1.29 is 14.5 Å².